The summed E-state index contributed by atoms with van der Waals surface area (Å²) in [5, 5.41) is 9.49. The molecule has 0 radical (unpaired) electrons. The van der Waals surface area contributed by atoms with E-state index >= 15 is 0 Å². The van der Waals surface area contributed by atoms with Gasteiger partial charge in [0.1, 0.15) is 0 Å². The van der Waals surface area contributed by atoms with Crippen LogP contribution in [-0.2, 0) is 4.74 Å². The molecule has 0 saturated heterocycles. The van der Waals surface area contributed by atoms with Crippen LogP contribution >= 0.6 is 0 Å². The second-order valence-electron chi connectivity index (χ2n) is 7.66. The van der Waals surface area contributed by atoms with Crippen molar-refractivity contribution in [1.29, 1.82) is 0 Å². The van der Waals surface area contributed by atoms with Gasteiger partial charge in [-0.2, -0.15) is 0 Å². The molecule has 0 spiro atoms. The standard InChI is InChI=1S/C15H30O2/c1-14(2,3)13-7-11(9-16)12(8-13)10-17-15(4,5)6/h11-13,16H,7-10H2,1-6H3/t11-,12-,13+/m0/s1. The van der Waals surface area contributed by atoms with Crippen LogP contribution in [0.1, 0.15) is 54.4 Å². The number of aliphatic hydroxyl groups excluding tert-OH is 1. The fraction of sp³-hybridized carbons (Fsp3) is 1.00. The van der Waals surface area contributed by atoms with Gasteiger partial charge < -0.3 is 9.84 Å². The Kier molecular flexibility index (Phi) is 4.65. The van der Waals surface area contributed by atoms with Gasteiger partial charge in [0, 0.05) is 6.61 Å². The van der Waals surface area contributed by atoms with Crippen molar-refractivity contribution in [3.8, 4) is 0 Å². The van der Waals surface area contributed by atoms with E-state index in [1.165, 1.54) is 6.42 Å². The fourth-order valence-corrected chi connectivity index (χ4v) is 2.70. The van der Waals surface area contributed by atoms with Crippen molar-refractivity contribution in [1.82, 2.24) is 0 Å². The first-order valence-corrected chi connectivity index (χ1v) is 6.88. The average molecular weight is 242 g/mol. The van der Waals surface area contributed by atoms with Crippen LogP contribution in [0.25, 0.3) is 0 Å². The summed E-state index contributed by atoms with van der Waals surface area (Å²) in [6.45, 7) is 14.3. The van der Waals surface area contributed by atoms with Gasteiger partial charge in [0.2, 0.25) is 0 Å². The van der Waals surface area contributed by atoms with E-state index in [1.807, 2.05) is 0 Å². The van der Waals surface area contributed by atoms with Gasteiger partial charge in [0.15, 0.2) is 0 Å². The lowest BCUT2D eigenvalue weighted by Gasteiger charge is -2.27. The van der Waals surface area contributed by atoms with Crippen molar-refractivity contribution >= 4 is 0 Å². The molecule has 1 aliphatic carbocycles. The first-order chi connectivity index (χ1) is 7.63. The second-order valence-corrected chi connectivity index (χ2v) is 7.66. The van der Waals surface area contributed by atoms with E-state index in [0.29, 0.717) is 29.8 Å². The van der Waals surface area contributed by atoms with Gasteiger partial charge in [-0.1, -0.05) is 20.8 Å². The van der Waals surface area contributed by atoms with E-state index < -0.39 is 0 Å². The van der Waals surface area contributed by atoms with Crippen molar-refractivity contribution in [3.05, 3.63) is 0 Å². The number of hydrogen-bond acceptors (Lipinski definition) is 2. The second kappa shape index (κ2) is 5.27. The first-order valence-electron chi connectivity index (χ1n) is 6.88. The lowest BCUT2D eigenvalue weighted by molar-refractivity contribution is -0.0326. The molecule has 1 rings (SSSR count). The SMILES string of the molecule is CC(C)(C)OC[C@@H]1C[C@H](C(C)(C)C)C[C@H]1CO. The zero-order chi connectivity index (χ0) is 13.3. The summed E-state index contributed by atoms with van der Waals surface area (Å²) in [7, 11) is 0. The predicted octanol–water partition coefficient (Wildman–Crippen LogP) is 3.48. The zero-order valence-corrected chi connectivity index (χ0v) is 12.4. The van der Waals surface area contributed by atoms with Gasteiger partial charge in [-0.05, 0) is 56.8 Å². The van der Waals surface area contributed by atoms with Crippen LogP contribution < -0.4 is 0 Å². The Morgan fingerprint density at radius 1 is 1.00 bits per heavy atom. The summed E-state index contributed by atoms with van der Waals surface area (Å²) < 4.78 is 5.90. The highest BCUT2D eigenvalue weighted by Crippen LogP contribution is 2.45. The Morgan fingerprint density at radius 3 is 1.94 bits per heavy atom. The number of ether oxygens (including phenoxy) is 1. The fourth-order valence-electron chi connectivity index (χ4n) is 2.70. The summed E-state index contributed by atoms with van der Waals surface area (Å²) in [6.07, 6.45) is 2.35. The maximum Gasteiger partial charge on any atom is 0.0598 e. The highest BCUT2D eigenvalue weighted by atomic mass is 16.5. The summed E-state index contributed by atoms with van der Waals surface area (Å²) in [4.78, 5) is 0. The number of hydrogen-bond donors (Lipinski definition) is 1. The highest BCUT2D eigenvalue weighted by molar-refractivity contribution is 4.89. The van der Waals surface area contributed by atoms with Crippen LogP contribution in [-0.4, -0.2) is 23.9 Å². The Balaban J connectivity index is 2.54. The maximum absolute atomic E-state index is 9.49. The van der Waals surface area contributed by atoms with Crippen LogP contribution in [0.4, 0.5) is 0 Å². The third-order valence-corrected chi connectivity index (χ3v) is 4.03. The Hall–Kier alpha value is -0.0800. The van der Waals surface area contributed by atoms with Gasteiger partial charge in [0.05, 0.1) is 12.2 Å². The minimum absolute atomic E-state index is 0.0696. The van der Waals surface area contributed by atoms with Crippen molar-refractivity contribution in [3.63, 3.8) is 0 Å². The largest absolute Gasteiger partial charge is 0.396 e. The molecule has 2 nitrogen and oxygen atoms in total. The zero-order valence-electron chi connectivity index (χ0n) is 12.4. The Labute approximate surface area is 107 Å². The van der Waals surface area contributed by atoms with E-state index in [2.05, 4.69) is 41.5 Å². The molecule has 2 heteroatoms. The Morgan fingerprint density at radius 2 is 1.53 bits per heavy atom. The van der Waals surface area contributed by atoms with Gasteiger partial charge in [-0.15, -0.1) is 0 Å². The Bertz CT molecular complexity index is 234. The van der Waals surface area contributed by atoms with Crippen LogP contribution in [0.15, 0.2) is 0 Å². The number of rotatable bonds is 3. The van der Waals surface area contributed by atoms with Gasteiger partial charge in [-0.25, -0.2) is 0 Å². The van der Waals surface area contributed by atoms with Crippen LogP contribution in [0.5, 0.6) is 0 Å². The molecule has 0 aliphatic heterocycles. The predicted molar refractivity (Wildman–Crippen MR) is 71.9 cm³/mol. The average Bonchev–Trinajstić information content (AvgIpc) is 2.55. The quantitative estimate of drug-likeness (QED) is 0.821. The van der Waals surface area contributed by atoms with E-state index in [9.17, 15) is 5.11 Å². The number of aliphatic hydroxyl groups is 1. The molecular formula is C15H30O2. The molecule has 1 N–H and O–H groups in total. The van der Waals surface area contributed by atoms with Gasteiger partial charge in [-0.3, -0.25) is 0 Å². The van der Waals surface area contributed by atoms with Crippen LogP contribution in [0, 0.1) is 23.2 Å². The molecule has 0 aromatic heterocycles. The van der Waals surface area contributed by atoms with E-state index in [1.54, 1.807) is 0 Å². The lowest BCUT2D eigenvalue weighted by atomic mass is 9.79. The van der Waals surface area contributed by atoms with E-state index in [-0.39, 0.29) is 5.60 Å². The molecule has 0 aromatic rings. The highest BCUT2D eigenvalue weighted by Gasteiger charge is 2.39. The lowest BCUT2D eigenvalue weighted by Crippen LogP contribution is -2.26. The van der Waals surface area contributed by atoms with Crippen LogP contribution in [0.2, 0.25) is 0 Å². The molecule has 1 saturated carbocycles. The smallest absolute Gasteiger partial charge is 0.0598 e. The van der Waals surface area contributed by atoms with Crippen molar-refractivity contribution in [2.75, 3.05) is 13.2 Å². The molecule has 1 aliphatic rings. The van der Waals surface area contributed by atoms with Gasteiger partial charge >= 0.3 is 0 Å². The molecule has 1 fully saturated rings. The molecule has 17 heavy (non-hydrogen) atoms. The third-order valence-electron chi connectivity index (χ3n) is 4.03. The minimum atomic E-state index is -0.0696. The van der Waals surface area contributed by atoms with Crippen molar-refractivity contribution in [2.24, 2.45) is 23.2 Å². The van der Waals surface area contributed by atoms with E-state index in [4.69, 9.17) is 4.74 Å². The normalized spacial score (nSPS) is 30.9. The molecular weight excluding hydrogens is 212 g/mol. The molecule has 0 amide bonds. The minimum Gasteiger partial charge on any atom is -0.396 e. The molecule has 102 valence electrons. The van der Waals surface area contributed by atoms with E-state index in [0.717, 1.165) is 13.0 Å². The summed E-state index contributed by atoms with van der Waals surface area (Å²) in [5.41, 5.74) is 0.281. The molecule has 0 unspecified atom stereocenters. The summed E-state index contributed by atoms with van der Waals surface area (Å²) in [6, 6.07) is 0. The molecule has 0 heterocycles. The molecule has 0 bridgehead atoms. The molecule has 0 aromatic carbocycles. The van der Waals surface area contributed by atoms with Gasteiger partial charge in [0.25, 0.3) is 0 Å². The third kappa shape index (κ3) is 4.59. The summed E-state index contributed by atoms with van der Waals surface area (Å²) in [5.74, 6) is 1.68. The molecule has 3 atom stereocenters. The van der Waals surface area contributed by atoms with Crippen molar-refractivity contribution in [2.45, 2.75) is 60.0 Å². The monoisotopic (exact) mass is 242 g/mol. The maximum atomic E-state index is 9.49. The van der Waals surface area contributed by atoms with Crippen LogP contribution in [0.3, 0.4) is 0 Å². The first kappa shape index (κ1) is 15.0. The summed E-state index contributed by atoms with van der Waals surface area (Å²) >= 11 is 0. The van der Waals surface area contributed by atoms with Crippen molar-refractivity contribution < 1.29 is 9.84 Å². The topological polar surface area (TPSA) is 29.5 Å².